The van der Waals surface area contributed by atoms with E-state index in [0.29, 0.717) is 36.0 Å². The molecule has 2 aliphatic heterocycles. The Kier molecular flexibility index (Phi) is 6.33. The second-order valence-electron chi connectivity index (χ2n) is 9.98. The van der Waals surface area contributed by atoms with Gasteiger partial charge in [-0.25, -0.2) is 13.4 Å². The van der Waals surface area contributed by atoms with Crippen LogP contribution in [0, 0.1) is 0 Å². The second kappa shape index (κ2) is 9.68. The van der Waals surface area contributed by atoms with Gasteiger partial charge in [-0.1, -0.05) is 30.7 Å². The first-order valence-electron chi connectivity index (χ1n) is 12.8. The largest absolute Gasteiger partial charge is 0.454 e. The maximum atomic E-state index is 13.3. The first-order chi connectivity index (χ1) is 18.4. The Labute approximate surface area is 224 Å². The molecule has 0 spiro atoms. The van der Waals surface area contributed by atoms with Crippen molar-refractivity contribution in [1.82, 2.24) is 9.29 Å². The van der Waals surface area contributed by atoms with Gasteiger partial charge in [-0.15, -0.1) is 0 Å². The number of sulfonamides is 1. The molecule has 1 saturated heterocycles. The number of aliphatic hydroxyl groups excluding tert-OH is 1. The number of carbonyl (C=O) groups is 1. The quantitative estimate of drug-likeness (QED) is 0.463. The Balaban J connectivity index is 0.00000185. The zero-order valence-electron chi connectivity index (χ0n) is 20.8. The first kappa shape index (κ1) is 24.8. The molecule has 0 radical (unpaired) electrons. The lowest BCUT2D eigenvalue weighted by molar-refractivity contribution is -0.118. The third kappa shape index (κ3) is 4.42. The fourth-order valence-corrected chi connectivity index (χ4v) is 6.96. The van der Waals surface area contributed by atoms with Crippen molar-refractivity contribution in [2.75, 3.05) is 25.3 Å². The lowest BCUT2D eigenvalue weighted by Gasteiger charge is -2.33. The number of aliphatic hydroxyl groups is 1. The van der Waals surface area contributed by atoms with Crippen LogP contribution >= 0.6 is 0 Å². The van der Waals surface area contributed by atoms with Crippen molar-refractivity contribution >= 4 is 21.7 Å². The molecule has 0 bridgehead atoms. The average Bonchev–Trinajstić information content (AvgIpc) is 3.64. The van der Waals surface area contributed by atoms with E-state index >= 15 is 0 Å². The Bertz CT molecular complexity index is 1480. The predicted molar refractivity (Wildman–Crippen MR) is 145 cm³/mol. The van der Waals surface area contributed by atoms with Crippen molar-refractivity contribution in [2.24, 2.45) is 0 Å². The first-order valence-corrected chi connectivity index (χ1v) is 14.3. The van der Waals surface area contributed by atoms with E-state index < -0.39 is 15.4 Å². The predicted octanol–water partition coefficient (Wildman–Crippen LogP) is 4.18. The minimum Gasteiger partial charge on any atom is -0.454 e. The number of hydrogen-bond acceptors (Lipinski definition) is 7. The summed E-state index contributed by atoms with van der Waals surface area (Å²) >= 11 is 0. The highest BCUT2D eigenvalue weighted by atomic mass is 32.2. The standard InChI is InChI=1S/C28H29N3O6S.2H2/c32-17-21-4-1-2-15-31(21)38(34,35)22-10-7-19(8-11-22)23-5-3-6-26(29-23)30-27(33)28(13-14-28)20-9-12-24-25(16-20)37-18-36-24;;/h3,5-12,16,21,32H,1-2,4,13-15,17-18H2,(H,29,30,33);2*1H. The Morgan fingerprint density at radius 3 is 2.63 bits per heavy atom. The number of pyridine rings is 1. The summed E-state index contributed by atoms with van der Waals surface area (Å²) in [7, 11) is -3.71. The summed E-state index contributed by atoms with van der Waals surface area (Å²) in [5.41, 5.74) is 1.62. The number of anilines is 1. The van der Waals surface area contributed by atoms with E-state index in [9.17, 15) is 18.3 Å². The van der Waals surface area contributed by atoms with Crippen LogP contribution in [-0.2, 0) is 20.2 Å². The number of benzene rings is 2. The lowest BCUT2D eigenvalue weighted by Crippen LogP contribution is -2.45. The summed E-state index contributed by atoms with van der Waals surface area (Å²) in [5.74, 6) is 1.64. The fraction of sp³-hybridized carbons (Fsp3) is 0.357. The summed E-state index contributed by atoms with van der Waals surface area (Å²) in [5, 5.41) is 12.6. The van der Waals surface area contributed by atoms with Crippen molar-refractivity contribution in [2.45, 2.75) is 48.5 Å². The number of ether oxygens (including phenoxy) is 2. The number of nitrogens with zero attached hydrogens (tertiary/aromatic N) is 2. The van der Waals surface area contributed by atoms with E-state index in [2.05, 4.69) is 10.3 Å². The summed E-state index contributed by atoms with van der Waals surface area (Å²) in [4.78, 5) is 18.1. The van der Waals surface area contributed by atoms with E-state index in [-0.39, 0.29) is 33.1 Å². The molecule has 2 fully saturated rings. The van der Waals surface area contributed by atoms with Crippen molar-refractivity contribution in [1.29, 1.82) is 0 Å². The van der Waals surface area contributed by atoms with Gasteiger partial charge >= 0.3 is 0 Å². The minimum absolute atomic E-state index is 0. The number of rotatable bonds is 7. The number of nitrogens with one attached hydrogen (secondary N) is 1. The number of fused-ring (bicyclic) bond motifs is 1. The molecule has 202 valence electrons. The van der Waals surface area contributed by atoms with Crippen LogP contribution in [0.25, 0.3) is 11.3 Å². The normalized spacial score (nSPS) is 20.2. The van der Waals surface area contributed by atoms with E-state index in [1.807, 2.05) is 30.3 Å². The zero-order valence-corrected chi connectivity index (χ0v) is 21.6. The van der Waals surface area contributed by atoms with Gasteiger partial charge < -0.3 is 19.9 Å². The van der Waals surface area contributed by atoms with Crippen LogP contribution in [0.2, 0.25) is 0 Å². The van der Waals surface area contributed by atoms with Crippen LogP contribution < -0.4 is 14.8 Å². The van der Waals surface area contributed by atoms with Crippen LogP contribution in [0.15, 0.2) is 65.6 Å². The molecule has 3 aromatic rings. The number of amides is 1. The molecule has 1 unspecified atom stereocenters. The Hall–Kier alpha value is -3.47. The summed E-state index contributed by atoms with van der Waals surface area (Å²) in [6.07, 6.45) is 3.83. The fourth-order valence-electron chi connectivity index (χ4n) is 5.27. The second-order valence-corrected chi connectivity index (χ2v) is 11.9. The molecule has 2 N–H and O–H groups in total. The van der Waals surface area contributed by atoms with Crippen molar-refractivity contribution < 1.29 is 30.6 Å². The molecule has 1 amide bonds. The molecule has 3 heterocycles. The van der Waals surface area contributed by atoms with Crippen LogP contribution in [0.4, 0.5) is 5.82 Å². The van der Waals surface area contributed by atoms with Gasteiger partial charge in [-0.2, -0.15) is 4.31 Å². The summed E-state index contributed by atoms with van der Waals surface area (Å²) < 4.78 is 38.7. The van der Waals surface area contributed by atoms with E-state index in [1.54, 1.807) is 30.3 Å². The molecule has 9 nitrogen and oxygen atoms in total. The zero-order chi connectivity index (χ0) is 26.3. The van der Waals surface area contributed by atoms with Gasteiger partial charge in [0.25, 0.3) is 0 Å². The average molecular weight is 540 g/mol. The molecule has 1 aromatic heterocycles. The molecule has 1 saturated carbocycles. The molecular formula is C28H33N3O6S. The highest BCUT2D eigenvalue weighted by molar-refractivity contribution is 7.89. The molecule has 38 heavy (non-hydrogen) atoms. The number of aromatic nitrogens is 1. The van der Waals surface area contributed by atoms with Crippen LogP contribution in [0.3, 0.4) is 0 Å². The summed E-state index contributed by atoms with van der Waals surface area (Å²) in [6.45, 7) is 0.408. The van der Waals surface area contributed by atoms with E-state index in [4.69, 9.17) is 9.47 Å². The SMILES string of the molecule is O=C(Nc1cccc(-c2ccc(S(=O)(=O)N3CCCCC3CO)cc2)n1)C1(c2ccc3c(c2)OCO3)CC1.[HH].[HH]. The van der Waals surface area contributed by atoms with E-state index in [0.717, 1.165) is 36.8 Å². The summed E-state index contributed by atoms with van der Waals surface area (Å²) in [6, 6.07) is 17.2. The smallest absolute Gasteiger partial charge is 0.243 e. The molecule has 2 aromatic carbocycles. The van der Waals surface area contributed by atoms with E-state index in [1.165, 1.54) is 4.31 Å². The molecular weight excluding hydrogens is 506 g/mol. The van der Waals surface area contributed by atoms with Gasteiger partial charge in [0.15, 0.2) is 11.5 Å². The maximum Gasteiger partial charge on any atom is 0.243 e. The molecule has 3 aliphatic rings. The topological polar surface area (TPSA) is 118 Å². The lowest BCUT2D eigenvalue weighted by atomic mass is 9.94. The minimum atomic E-state index is -3.71. The third-order valence-corrected chi connectivity index (χ3v) is 9.61. The maximum absolute atomic E-state index is 13.3. The number of piperidine rings is 1. The molecule has 1 atom stereocenters. The van der Waals surface area contributed by atoms with Gasteiger partial charge in [0.1, 0.15) is 5.82 Å². The highest BCUT2D eigenvalue weighted by Crippen LogP contribution is 2.51. The molecule has 6 rings (SSSR count). The van der Waals surface area contributed by atoms with Gasteiger partial charge in [0.2, 0.25) is 22.7 Å². The molecule has 1 aliphatic carbocycles. The third-order valence-electron chi connectivity index (χ3n) is 7.64. The van der Waals surface area contributed by atoms with Crippen molar-refractivity contribution in [3.63, 3.8) is 0 Å². The monoisotopic (exact) mass is 539 g/mol. The van der Waals surface area contributed by atoms with Crippen LogP contribution in [0.5, 0.6) is 11.5 Å². The van der Waals surface area contributed by atoms with Gasteiger partial charge in [-0.05, 0) is 67.6 Å². The van der Waals surface area contributed by atoms with Crippen molar-refractivity contribution in [3.8, 4) is 22.8 Å². The van der Waals surface area contributed by atoms with Crippen LogP contribution in [0.1, 0.15) is 40.5 Å². The molecule has 10 heteroatoms. The van der Waals surface area contributed by atoms with Crippen molar-refractivity contribution in [3.05, 3.63) is 66.2 Å². The van der Waals surface area contributed by atoms with Gasteiger partial charge in [0, 0.05) is 21.0 Å². The number of carbonyl (C=O) groups excluding carboxylic acids is 1. The highest BCUT2D eigenvalue weighted by Gasteiger charge is 2.51. The van der Waals surface area contributed by atoms with Crippen LogP contribution in [-0.4, -0.2) is 54.7 Å². The van der Waals surface area contributed by atoms with Gasteiger partial charge in [-0.3, -0.25) is 4.79 Å². The Morgan fingerprint density at radius 1 is 1.08 bits per heavy atom. The number of hydrogen-bond donors (Lipinski definition) is 2. The van der Waals surface area contributed by atoms with Gasteiger partial charge in [0.05, 0.1) is 22.6 Å². The Morgan fingerprint density at radius 2 is 1.87 bits per heavy atom.